The van der Waals surface area contributed by atoms with Gasteiger partial charge in [0, 0.05) is 26.2 Å². The van der Waals surface area contributed by atoms with E-state index in [4.69, 9.17) is 4.42 Å². The van der Waals surface area contributed by atoms with Crippen LogP contribution in [0.25, 0.3) is 15.2 Å². The Kier molecular flexibility index (Phi) is 4.72. The number of piperazine rings is 1. The molecule has 0 atom stereocenters. The first-order chi connectivity index (χ1) is 14.2. The van der Waals surface area contributed by atoms with Crippen LogP contribution >= 0.6 is 23.1 Å². The Morgan fingerprint density at radius 3 is 2.62 bits per heavy atom. The Balaban J connectivity index is 1.21. The molecule has 29 heavy (non-hydrogen) atoms. The van der Waals surface area contributed by atoms with Crippen molar-refractivity contribution < 1.29 is 14.0 Å². The van der Waals surface area contributed by atoms with Gasteiger partial charge in [-0.05, 0) is 24.3 Å². The molecular formula is C19H17N5O3S2. The van der Waals surface area contributed by atoms with Crippen LogP contribution in [0.3, 0.4) is 0 Å². The van der Waals surface area contributed by atoms with Crippen molar-refractivity contribution in [3.05, 3.63) is 48.4 Å². The second kappa shape index (κ2) is 7.53. The molecule has 4 heterocycles. The van der Waals surface area contributed by atoms with Crippen LogP contribution in [0.5, 0.6) is 0 Å². The van der Waals surface area contributed by atoms with E-state index < -0.39 is 0 Å². The lowest BCUT2D eigenvalue weighted by Crippen LogP contribution is -2.51. The molecule has 8 nitrogen and oxygen atoms in total. The zero-order chi connectivity index (χ0) is 19.8. The van der Waals surface area contributed by atoms with E-state index in [-0.39, 0.29) is 17.6 Å². The molecule has 10 heteroatoms. The van der Waals surface area contributed by atoms with Gasteiger partial charge >= 0.3 is 0 Å². The Hall–Kier alpha value is -2.85. The van der Waals surface area contributed by atoms with Crippen molar-refractivity contribution in [1.82, 2.24) is 24.4 Å². The molecule has 5 rings (SSSR count). The summed E-state index contributed by atoms with van der Waals surface area (Å²) < 4.78 is 8.31. The minimum atomic E-state index is -0.133. The molecule has 4 aromatic rings. The summed E-state index contributed by atoms with van der Waals surface area (Å²) in [6.07, 6.45) is 1.49. The monoisotopic (exact) mass is 427 g/mol. The molecule has 1 aliphatic rings. The molecule has 1 aromatic carbocycles. The minimum Gasteiger partial charge on any atom is -0.459 e. The first-order valence-corrected chi connectivity index (χ1v) is 11.0. The Morgan fingerprint density at radius 1 is 1.03 bits per heavy atom. The quantitative estimate of drug-likeness (QED) is 0.466. The van der Waals surface area contributed by atoms with Crippen LogP contribution in [0, 0.1) is 0 Å². The standard InChI is InChI=1S/C19H17N5O3S2/c25-16(22-7-9-23(10-8-22)17(26)14-5-3-11-27-14)12-28-18-20-21-19-24(18)13-4-1-2-6-15(13)29-19/h1-6,11H,7-10,12H2. The second-order valence-electron chi connectivity index (χ2n) is 6.61. The molecule has 0 radical (unpaired) electrons. The number of carbonyl (C=O) groups excluding carboxylic acids is 2. The van der Waals surface area contributed by atoms with E-state index in [2.05, 4.69) is 16.3 Å². The van der Waals surface area contributed by atoms with Gasteiger partial charge in [-0.15, -0.1) is 10.2 Å². The Labute approximate surface area is 174 Å². The van der Waals surface area contributed by atoms with Crippen molar-refractivity contribution in [3.8, 4) is 0 Å². The van der Waals surface area contributed by atoms with Gasteiger partial charge in [-0.2, -0.15) is 0 Å². The van der Waals surface area contributed by atoms with Crippen molar-refractivity contribution in [1.29, 1.82) is 0 Å². The molecular weight excluding hydrogens is 410 g/mol. The van der Waals surface area contributed by atoms with E-state index in [9.17, 15) is 9.59 Å². The fourth-order valence-corrected chi connectivity index (χ4v) is 5.25. The van der Waals surface area contributed by atoms with Crippen LogP contribution in [-0.2, 0) is 4.79 Å². The highest BCUT2D eigenvalue weighted by Crippen LogP contribution is 2.29. The fourth-order valence-electron chi connectivity index (χ4n) is 3.38. The summed E-state index contributed by atoms with van der Waals surface area (Å²) in [6, 6.07) is 11.4. The largest absolute Gasteiger partial charge is 0.459 e. The predicted molar refractivity (Wildman–Crippen MR) is 110 cm³/mol. The number of rotatable bonds is 4. The number of nitrogens with zero attached hydrogens (tertiary/aromatic N) is 5. The van der Waals surface area contributed by atoms with Crippen LogP contribution < -0.4 is 0 Å². The number of fused-ring (bicyclic) bond motifs is 3. The topological polar surface area (TPSA) is 84.0 Å². The first kappa shape index (κ1) is 18.2. The van der Waals surface area contributed by atoms with Crippen LogP contribution in [0.15, 0.2) is 52.2 Å². The third-order valence-electron chi connectivity index (χ3n) is 4.89. The van der Waals surface area contributed by atoms with Gasteiger partial charge in [0.25, 0.3) is 5.91 Å². The Morgan fingerprint density at radius 2 is 1.83 bits per heavy atom. The van der Waals surface area contributed by atoms with Gasteiger partial charge in [0.1, 0.15) is 0 Å². The molecule has 1 saturated heterocycles. The highest BCUT2D eigenvalue weighted by Gasteiger charge is 2.26. The van der Waals surface area contributed by atoms with Gasteiger partial charge in [-0.3, -0.25) is 14.0 Å². The number of hydrogen-bond acceptors (Lipinski definition) is 7. The molecule has 3 aromatic heterocycles. The van der Waals surface area contributed by atoms with Gasteiger partial charge in [0.2, 0.25) is 10.9 Å². The van der Waals surface area contributed by atoms with E-state index in [1.54, 1.807) is 33.3 Å². The number of furan rings is 1. The van der Waals surface area contributed by atoms with Crippen molar-refractivity contribution in [3.63, 3.8) is 0 Å². The van der Waals surface area contributed by atoms with E-state index in [0.717, 1.165) is 20.3 Å². The van der Waals surface area contributed by atoms with Crippen molar-refractivity contribution in [2.75, 3.05) is 31.9 Å². The molecule has 1 fully saturated rings. The summed E-state index contributed by atoms with van der Waals surface area (Å²) in [4.78, 5) is 29.3. The normalized spacial score (nSPS) is 14.8. The summed E-state index contributed by atoms with van der Waals surface area (Å²) in [5.74, 6) is 0.527. The number of carbonyl (C=O) groups is 2. The third-order valence-corrected chi connectivity index (χ3v) is 6.81. The van der Waals surface area contributed by atoms with Crippen LogP contribution in [0.1, 0.15) is 10.6 Å². The van der Waals surface area contributed by atoms with Crippen molar-refractivity contribution in [2.24, 2.45) is 0 Å². The molecule has 148 valence electrons. The van der Waals surface area contributed by atoms with E-state index in [1.165, 1.54) is 18.0 Å². The van der Waals surface area contributed by atoms with E-state index in [0.29, 0.717) is 31.9 Å². The number of thiazole rings is 1. The molecule has 2 amide bonds. The summed E-state index contributed by atoms with van der Waals surface area (Å²) in [5.41, 5.74) is 1.05. The lowest BCUT2D eigenvalue weighted by molar-refractivity contribution is -0.129. The smallest absolute Gasteiger partial charge is 0.289 e. The van der Waals surface area contributed by atoms with Gasteiger partial charge in [-0.1, -0.05) is 35.2 Å². The zero-order valence-electron chi connectivity index (χ0n) is 15.4. The van der Waals surface area contributed by atoms with Crippen molar-refractivity contribution >= 4 is 50.1 Å². The summed E-state index contributed by atoms with van der Waals surface area (Å²) in [5, 5.41) is 9.19. The molecule has 0 spiro atoms. The molecule has 1 aliphatic heterocycles. The maximum absolute atomic E-state index is 12.7. The zero-order valence-corrected chi connectivity index (χ0v) is 17.0. The molecule has 0 aliphatic carbocycles. The van der Waals surface area contributed by atoms with Gasteiger partial charge in [0.05, 0.1) is 22.2 Å². The predicted octanol–water partition coefficient (Wildman–Crippen LogP) is 2.61. The number of amides is 2. The number of aromatic nitrogens is 3. The maximum Gasteiger partial charge on any atom is 0.289 e. The Bertz CT molecular complexity index is 1180. The summed E-state index contributed by atoms with van der Waals surface area (Å²) >= 11 is 2.97. The third kappa shape index (κ3) is 3.38. The second-order valence-corrected chi connectivity index (χ2v) is 8.56. The van der Waals surface area contributed by atoms with E-state index in [1.807, 2.05) is 22.6 Å². The SMILES string of the molecule is O=C(CSc1nnc2sc3ccccc3n12)N1CCN(C(=O)c2ccco2)CC1. The van der Waals surface area contributed by atoms with Crippen molar-refractivity contribution in [2.45, 2.75) is 5.16 Å². The fraction of sp³-hybridized carbons (Fsp3) is 0.263. The van der Waals surface area contributed by atoms with Crippen LogP contribution in [0.2, 0.25) is 0 Å². The molecule has 0 unspecified atom stereocenters. The van der Waals surface area contributed by atoms with Crippen LogP contribution in [-0.4, -0.2) is 68.1 Å². The number of para-hydroxylation sites is 1. The summed E-state index contributed by atoms with van der Waals surface area (Å²) in [6.45, 7) is 2.03. The molecule has 0 N–H and O–H groups in total. The highest BCUT2D eigenvalue weighted by atomic mass is 32.2. The van der Waals surface area contributed by atoms with Crippen LogP contribution in [0.4, 0.5) is 0 Å². The number of thioether (sulfide) groups is 1. The lowest BCUT2D eigenvalue weighted by atomic mass is 10.3. The summed E-state index contributed by atoms with van der Waals surface area (Å²) in [7, 11) is 0. The molecule has 0 bridgehead atoms. The van der Waals surface area contributed by atoms with Gasteiger partial charge in [-0.25, -0.2) is 0 Å². The number of benzene rings is 1. The highest BCUT2D eigenvalue weighted by molar-refractivity contribution is 7.99. The average Bonchev–Trinajstić information content (AvgIpc) is 3.49. The van der Waals surface area contributed by atoms with Gasteiger partial charge in [0.15, 0.2) is 10.9 Å². The number of hydrogen-bond donors (Lipinski definition) is 0. The average molecular weight is 428 g/mol. The van der Waals surface area contributed by atoms with Gasteiger partial charge < -0.3 is 14.2 Å². The first-order valence-electron chi connectivity index (χ1n) is 9.17. The minimum absolute atomic E-state index is 0.0383. The lowest BCUT2D eigenvalue weighted by Gasteiger charge is -2.34. The maximum atomic E-state index is 12.7. The van der Waals surface area contributed by atoms with E-state index >= 15 is 0 Å². The molecule has 0 saturated carbocycles.